The number of nitrogens with zero attached hydrogens (tertiary/aromatic N) is 2. The van der Waals surface area contributed by atoms with Gasteiger partial charge in [0.25, 0.3) is 0 Å². The third-order valence-electron chi connectivity index (χ3n) is 14.4. The van der Waals surface area contributed by atoms with Crippen molar-refractivity contribution in [2.24, 2.45) is 11.3 Å². The highest BCUT2D eigenvalue weighted by Gasteiger charge is 2.43. The number of esters is 1. The van der Waals surface area contributed by atoms with E-state index in [4.69, 9.17) is 9.47 Å². The minimum Gasteiger partial charge on any atom is -0.508 e. The summed E-state index contributed by atoms with van der Waals surface area (Å²) < 4.78 is 13.4. The first-order valence-electron chi connectivity index (χ1n) is 23.4. The van der Waals surface area contributed by atoms with Crippen molar-refractivity contribution in [3.05, 3.63) is 149 Å². The molecule has 1 spiro atoms. The van der Waals surface area contributed by atoms with Gasteiger partial charge in [0.05, 0.1) is 24.8 Å². The number of benzene rings is 3. The van der Waals surface area contributed by atoms with E-state index in [2.05, 4.69) is 76.7 Å². The number of Topliss-reactive ketones (excluding diaryl/α,β-unsaturated/α-hetero) is 2. The van der Waals surface area contributed by atoms with E-state index in [0.717, 1.165) is 44.5 Å². The van der Waals surface area contributed by atoms with Crippen LogP contribution in [0, 0.1) is 23.2 Å². The Morgan fingerprint density at radius 1 is 1.00 bits per heavy atom. The number of allylic oxidation sites excluding steroid dienone is 6. The number of fused-ring (bicyclic) bond motifs is 2. The Hall–Kier alpha value is -7.39. The van der Waals surface area contributed by atoms with Crippen molar-refractivity contribution in [2.45, 2.75) is 89.7 Å². The Morgan fingerprint density at radius 2 is 1.84 bits per heavy atom. The molecule has 2 aliphatic carbocycles. The number of aromatic amines is 1. The maximum atomic E-state index is 14.7. The van der Waals surface area contributed by atoms with E-state index in [9.17, 15) is 29.7 Å². The molecule has 0 saturated carbocycles. The van der Waals surface area contributed by atoms with Crippen LogP contribution in [0.15, 0.2) is 127 Å². The van der Waals surface area contributed by atoms with Gasteiger partial charge in [-0.1, -0.05) is 72.9 Å². The van der Waals surface area contributed by atoms with Crippen LogP contribution in [0.5, 0.6) is 23.0 Å². The number of phenolic OH excluding ortho intramolecular Hbond substituents is 3. The number of hydrogen-bond donors (Lipinski definition) is 5. The van der Waals surface area contributed by atoms with Crippen LogP contribution >= 0.6 is 0 Å². The molecule has 6 atom stereocenters. The van der Waals surface area contributed by atoms with Crippen molar-refractivity contribution in [1.29, 1.82) is 0 Å². The SMILES string of the molecule is COc1cc(C2CC(=O)CC(OC(C)=O)CCC34Cc5c[nH]cc5C(C#CCC3=CC=CC4C)C(c3cccc(O)c3)C3=CCNC(=C3)N(CCC(C)=O)c3cccc4cn2cc34)cc(O)c1O. The Balaban J connectivity index is 1.27. The quantitative estimate of drug-likeness (QED) is 0.0603. The predicted molar refractivity (Wildman–Crippen MR) is 262 cm³/mol. The fourth-order valence-corrected chi connectivity index (χ4v) is 11.0. The highest BCUT2D eigenvalue weighted by Crippen LogP contribution is 2.51. The van der Waals surface area contributed by atoms with Crippen LogP contribution in [0.3, 0.4) is 0 Å². The maximum Gasteiger partial charge on any atom is 0.302 e. The van der Waals surface area contributed by atoms with Crippen molar-refractivity contribution in [3.8, 4) is 34.8 Å². The Morgan fingerprint density at radius 3 is 2.63 bits per heavy atom. The van der Waals surface area contributed by atoms with E-state index < -0.39 is 35.0 Å². The second kappa shape index (κ2) is 19.1. The van der Waals surface area contributed by atoms with Crippen molar-refractivity contribution in [3.63, 3.8) is 0 Å². The summed E-state index contributed by atoms with van der Waals surface area (Å²) >= 11 is 0. The lowest BCUT2D eigenvalue weighted by Crippen LogP contribution is -2.36. The molecule has 12 nitrogen and oxygen atoms in total. The summed E-state index contributed by atoms with van der Waals surface area (Å²) in [5.74, 6) is 6.44. The number of rotatable bonds is 7. The highest BCUT2D eigenvalue weighted by molar-refractivity contribution is 5.95. The molecule has 68 heavy (non-hydrogen) atoms. The number of dihydropyridines is 1. The summed E-state index contributed by atoms with van der Waals surface area (Å²) in [5, 5.41) is 38.0. The fraction of sp³-hybridized carbons (Fsp3) is 0.339. The Labute approximate surface area is 396 Å². The number of carbonyl (C=O) groups is 3. The summed E-state index contributed by atoms with van der Waals surface area (Å²) in [6.07, 6.45) is 20.6. The van der Waals surface area contributed by atoms with Gasteiger partial charge in [0.15, 0.2) is 11.5 Å². The molecular weight excluding hydrogens is 857 g/mol. The molecule has 2 aliphatic heterocycles. The first-order chi connectivity index (χ1) is 32.8. The summed E-state index contributed by atoms with van der Waals surface area (Å²) in [6, 6.07) is 15.8. The van der Waals surface area contributed by atoms with Gasteiger partial charge in [-0.25, -0.2) is 0 Å². The highest BCUT2D eigenvalue weighted by atomic mass is 16.5. The molecule has 5 N–H and O–H groups in total. The number of nitrogens with one attached hydrogen (secondary N) is 2. The Kier molecular flexibility index (Phi) is 12.8. The van der Waals surface area contributed by atoms with Crippen LogP contribution in [-0.4, -0.2) is 68.7 Å². The molecular formula is C56H58N4O8. The lowest BCUT2D eigenvalue weighted by atomic mass is 9.61. The van der Waals surface area contributed by atoms with Crippen LogP contribution in [0.4, 0.5) is 5.69 Å². The van der Waals surface area contributed by atoms with Crippen LogP contribution < -0.4 is 15.0 Å². The van der Waals surface area contributed by atoms with E-state index in [1.54, 1.807) is 19.1 Å². The topological polar surface area (TPSA) is 166 Å². The second-order valence-corrected chi connectivity index (χ2v) is 18.7. The van der Waals surface area contributed by atoms with Gasteiger partial charge >= 0.3 is 5.97 Å². The summed E-state index contributed by atoms with van der Waals surface area (Å²) in [6.45, 7) is 6.04. The number of aromatic hydroxyl groups is 3. The molecule has 0 saturated heterocycles. The first-order valence-corrected chi connectivity index (χ1v) is 23.4. The van der Waals surface area contributed by atoms with Gasteiger partial charge in [-0.3, -0.25) is 14.4 Å². The van der Waals surface area contributed by atoms with Gasteiger partial charge < -0.3 is 44.6 Å². The number of ketones is 2. The van der Waals surface area contributed by atoms with Gasteiger partial charge in [0.1, 0.15) is 29.2 Å². The summed E-state index contributed by atoms with van der Waals surface area (Å²) in [5.41, 5.74) is 6.18. The molecule has 12 heteroatoms. The molecule has 6 unspecified atom stereocenters. The molecule has 0 amide bonds. The summed E-state index contributed by atoms with van der Waals surface area (Å²) in [4.78, 5) is 45.9. The zero-order chi connectivity index (χ0) is 47.7. The standard InChI is InChI=1S/C56H58N4O8/c1-34-9-5-12-42-13-8-15-46-47-31-57-30-41(47)29-56(34,42)20-17-45(68-36(3)62)27-44(64)28-50(40-24-51(65)55(66)52(25-40)67-4)59-32-39-11-7-16-49(48(39)33-59)60(22-19-35(2)61)53-26-38(18-21-58-53)54(46)37-10-6-14-43(63)23-37/h5-7,9-12,14,16,18,23-26,30-34,45-46,50,54,57-58,63,65-66H,13,17,19-22,27-29H2,1-4H3. The molecule has 350 valence electrons. The number of anilines is 1. The number of aromatic nitrogens is 2. The third kappa shape index (κ3) is 9.05. The molecule has 4 heterocycles. The number of phenols is 3. The van der Waals surface area contributed by atoms with Crippen molar-refractivity contribution >= 4 is 34.0 Å². The third-order valence-corrected chi connectivity index (χ3v) is 14.4. The molecule has 6 bridgehead atoms. The monoisotopic (exact) mass is 914 g/mol. The van der Waals surface area contributed by atoms with Gasteiger partial charge in [-0.05, 0) is 96.3 Å². The molecule has 0 radical (unpaired) electrons. The molecule has 0 fully saturated rings. The minimum atomic E-state index is -0.727. The Bertz CT molecular complexity index is 2980. The first kappa shape index (κ1) is 45.8. The fourth-order valence-electron chi connectivity index (χ4n) is 11.0. The molecule has 9 rings (SSSR count). The average Bonchev–Trinajstić information content (AvgIpc) is 3.97. The molecule has 3 aromatic carbocycles. The van der Waals surface area contributed by atoms with E-state index in [-0.39, 0.29) is 60.1 Å². The number of methoxy groups -OCH3 is 1. The van der Waals surface area contributed by atoms with E-state index in [1.807, 2.05) is 53.4 Å². The predicted octanol–water partition coefficient (Wildman–Crippen LogP) is 9.55. The number of hydrogen-bond acceptors (Lipinski definition) is 10. The average molecular weight is 915 g/mol. The number of carbonyl (C=O) groups excluding carboxylic acids is 3. The normalized spacial score (nSPS) is 23.8. The summed E-state index contributed by atoms with van der Waals surface area (Å²) in [7, 11) is 1.40. The smallest absolute Gasteiger partial charge is 0.302 e. The zero-order valence-electron chi connectivity index (χ0n) is 38.9. The largest absolute Gasteiger partial charge is 0.508 e. The van der Waals surface area contributed by atoms with Crippen LogP contribution in [0.2, 0.25) is 0 Å². The molecule has 5 aromatic rings. The van der Waals surface area contributed by atoms with Gasteiger partial charge in [-0.2, -0.15) is 0 Å². The van der Waals surface area contributed by atoms with Gasteiger partial charge in [0, 0.05) is 92.6 Å². The van der Waals surface area contributed by atoms with Crippen molar-refractivity contribution < 1.29 is 39.2 Å². The minimum absolute atomic E-state index is 0.0347. The number of H-pyrrole nitrogens is 1. The van der Waals surface area contributed by atoms with Gasteiger partial charge in [0.2, 0.25) is 5.75 Å². The zero-order valence-corrected chi connectivity index (χ0v) is 38.9. The molecule has 2 aromatic heterocycles. The van der Waals surface area contributed by atoms with Crippen LogP contribution in [-0.2, 0) is 25.5 Å². The van der Waals surface area contributed by atoms with E-state index >= 15 is 0 Å². The van der Waals surface area contributed by atoms with Crippen molar-refractivity contribution in [1.82, 2.24) is 14.9 Å². The van der Waals surface area contributed by atoms with Crippen LogP contribution in [0.1, 0.15) is 99.4 Å². The van der Waals surface area contributed by atoms with E-state index in [1.165, 1.54) is 25.7 Å². The lowest BCUT2D eigenvalue weighted by Gasteiger charge is -2.43. The maximum absolute atomic E-state index is 14.7. The van der Waals surface area contributed by atoms with Crippen LogP contribution in [0.25, 0.3) is 10.8 Å². The van der Waals surface area contributed by atoms with Crippen molar-refractivity contribution in [2.75, 3.05) is 25.1 Å². The van der Waals surface area contributed by atoms with E-state index in [0.29, 0.717) is 44.3 Å². The molecule has 4 aliphatic rings. The number of ether oxygens (including phenoxy) is 2. The lowest BCUT2D eigenvalue weighted by molar-refractivity contribution is -0.148. The second-order valence-electron chi connectivity index (χ2n) is 18.7. The van der Waals surface area contributed by atoms with Gasteiger partial charge in [-0.15, -0.1) is 0 Å².